The maximum absolute atomic E-state index is 4.81. The smallest absolute Gasteiger partial charge is 0.00193 e. The van der Waals surface area contributed by atoms with Crippen LogP contribution in [0.4, 0.5) is 0 Å². The molecule has 3 aromatic rings. The highest BCUT2D eigenvalue weighted by molar-refractivity contribution is 7.80. The molecule has 0 radical (unpaired) electrons. The summed E-state index contributed by atoms with van der Waals surface area (Å²) >= 11 is 4.81. The SMILES string of the molecule is CCCC(S)CC(C)Cc1c(/C=C/c2ccc(CC)cc2)ccc2ccccc12. The molecule has 0 aromatic heterocycles. The Morgan fingerprint density at radius 2 is 1.66 bits per heavy atom. The van der Waals surface area contributed by atoms with Gasteiger partial charge in [-0.05, 0) is 64.6 Å². The van der Waals surface area contributed by atoms with Crippen LogP contribution >= 0.6 is 12.6 Å². The van der Waals surface area contributed by atoms with Gasteiger partial charge in [0.05, 0.1) is 0 Å². The van der Waals surface area contributed by atoms with Crippen molar-refractivity contribution in [3.05, 3.63) is 82.9 Å². The van der Waals surface area contributed by atoms with Crippen molar-refractivity contribution < 1.29 is 0 Å². The third-order valence-corrected chi connectivity index (χ3v) is 6.24. The van der Waals surface area contributed by atoms with Gasteiger partial charge in [0.2, 0.25) is 0 Å². The number of hydrogen-bond acceptors (Lipinski definition) is 1. The molecule has 0 saturated heterocycles. The monoisotopic (exact) mass is 402 g/mol. The van der Waals surface area contributed by atoms with E-state index in [2.05, 4.69) is 93.6 Å². The third kappa shape index (κ3) is 6.00. The molecular formula is C28H34S. The Labute approximate surface area is 182 Å². The molecule has 0 aliphatic rings. The molecule has 1 heteroatoms. The zero-order chi connectivity index (χ0) is 20.6. The van der Waals surface area contributed by atoms with Crippen LogP contribution in [0.1, 0.15) is 62.3 Å². The molecule has 29 heavy (non-hydrogen) atoms. The van der Waals surface area contributed by atoms with Crippen molar-refractivity contribution in [2.24, 2.45) is 5.92 Å². The zero-order valence-corrected chi connectivity index (χ0v) is 19.0. The van der Waals surface area contributed by atoms with Gasteiger partial charge in [-0.3, -0.25) is 0 Å². The second-order valence-electron chi connectivity index (χ2n) is 8.27. The fraction of sp³-hybridized carbons (Fsp3) is 0.357. The van der Waals surface area contributed by atoms with Gasteiger partial charge >= 0.3 is 0 Å². The minimum Gasteiger partial charge on any atom is -0.176 e. The summed E-state index contributed by atoms with van der Waals surface area (Å²) < 4.78 is 0. The first-order valence-electron chi connectivity index (χ1n) is 11.1. The summed E-state index contributed by atoms with van der Waals surface area (Å²) in [7, 11) is 0. The van der Waals surface area contributed by atoms with Gasteiger partial charge < -0.3 is 0 Å². The second-order valence-corrected chi connectivity index (χ2v) is 9.00. The molecule has 0 bridgehead atoms. The van der Waals surface area contributed by atoms with E-state index in [1.54, 1.807) is 0 Å². The Morgan fingerprint density at radius 3 is 2.38 bits per heavy atom. The van der Waals surface area contributed by atoms with Gasteiger partial charge in [-0.1, -0.05) is 100 Å². The Morgan fingerprint density at radius 1 is 0.897 bits per heavy atom. The van der Waals surface area contributed by atoms with Crippen LogP contribution < -0.4 is 0 Å². The van der Waals surface area contributed by atoms with Gasteiger partial charge in [0, 0.05) is 5.25 Å². The molecule has 0 heterocycles. The van der Waals surface area contributed by atoms with Crippen LogP contribution in [-0.4, -0.2) is 5.25 Å². The highest BCUT2D eigenvalue weighted by Crippen LogP contribution is 2.29. The number of thiol groups is 1. The van der Waals surface area contributed by atoms with Crippen molar-refractivity contribution >= 4 is 35.6 Å². The van der Waals surface area contributed by atoms with Gasteiger partial charge in [-0.25, -0.2) is 0 Å². The number of benzene rings is 3. The van der Waals surface area contributed by atoms with Crippen LogP contribution in [-0.2, 0) is 12.8 Å². The molecule has 3 rings (SSSR count). The Balaban J connectivity index is 1.89. The normalized spacial score (nSPS) is 13.8. The first kappa shape index (κ1) is 21.7. The molecule has 2 unspecified atom stereocenters. The van der Waals surface area contributed by atoms with Crippen LogP contribution in [0.25, 0.3) is 22.9 Å². The molecule has 3 aromatic carbocycles. The van der Waals surface area contributed by atoms with Gasteiger partial charge in [0.1, 0.15) is 0 Å². The van der Waals surface area contributed by atoms with E-state index in [4.69, 9.17) is 12.6 Å². The molecule has 0 spiro atoms. The van der Waals surface area contributed by atoms with Crippen LogP contribution in [0, 0.1) is 5.92 Å². The van der Waals surface area contributed by atoms with E-state index in [0.29, 0.717) is 11.2 Å². The molecule has 0 amide bonds. The van der Waals surface area contributed by atoms with Gasteiger partial charge in [0.25, 0.3) is 0 Å². The van der Waals surface area contributed by atoms with E-state index in [-0.39, 0.29) is 0 Å². The fourth-order valence-electron chi connectivity index (χ4n) is 4.13. The Bertz CT molecular complexity index is 936. The third-order valence-electron chi connectivity index (χ3n) is 5.77. The summed E-state index contributed by atoms with van der Waals surface area (Å²) in [6, 6.07) is 22.2. The number of rotatable bonds is 9. The first-order chi connectivity index (χ1) is 14.1. The minimum absolute atomic E-state index is 0.501. The highest BCUT2D eigenvalue weighted by Gasteiger charge is 2.13. The number of fused-ring (bicyclic) bond motifs is 1. The van der Waals surface area contributed by atoms with Crippen molar-refractivity contribution in [3.8, 4) is 0 Å². The lowest BCUT2D eigenvalue weighted by molar-refractivity contribution is 0.505. The number of hydrogen-bond donors (Lipinski definition) is 1. The lowest BCUT2D eigenvalue weighted by atomic mass is 9.89. The Hall–Kier alpha value is -1.99. The van der Waals surface area contributed by atoms with E-state index in [9.17, 15) is 0 Å². The highest BCUT2D eigenvalue weighted by atomic mass is 32.1. The molecule has 0 aliphatic carbocycles. The topological polar surface area (TPSA) is 0 Å². The van der Waals surface area contributed by atoms with Crippen LogP contribution in [0.5, 0.6) is 0 Å². The standard InChI is InChI=1S/C28H34S/c1-4-8-26(29)19-21(3)20-28-25(18-17-24-9-6-7-10-27(24)28)16-15-23-13-11-22(5-2)12-14-23/h6-7,9-18,21,26,29H,4-5,8,19-20H2,1-3H3/b16-15+. The van der Waals surface area contributed by atoms with Gasteiger partial charge in [-0.2, -0.15) is 12.6 Å². The van der Waals surface area contributed by atoms with E-state index in [1.807, 2.05) is 0 Å². The van der Waals surface area contributed by atoms with Crippen molar-refractivity contribution in [1.82, 2.24) is 0 Å². The van der Waals surface area contributed by atoms with Crippen molar-refractivity contribution in [2.45, 2.75) is 58.1 Å². The van der Waals surface area contributed by atoms with E-state index < -0.39 is 0 Å². The lowest BCUT2D eigenvalue weighted by Gasteiger charge is -2.19. The number of aryl methyl sites for hydroxylation is 1. The van der Waals surface area contributed by atoms with Gasteiger partial charge in [-0.15, -0.1) is 0 Å². The average molecular weight is 403 g/mol. The average Bonchev–Trinajstić information content (AvgIpc) is 2.73. The predicted molar refractivity (Wildman–Crippen MR) is 134 cm³/mol. The summed E-state index contributed by atoms with van der Waals surface area (Å²) in [5.41, 5.74) is 5.44. The van der Waals surface area contributed by atoms with Crippen LogP contribution in [0.3, 0.4) is 0 Å². The maximum Gasteiger partial charge on any atom is 0.00193 e. The molecule has 2 atom stereocenters. The summed E-state index contributed by atoms with van der Waals surface area (Å²) in [6.07, 6.45) is 10.3. The van der Waals surface area contributed by atoms with Crippen molar-refractivity contribution in [3.63, 3.8) is 0 Å². The van der Waals surface area contributed by atoms with E-state index >= 15 is 0 Å². The summed E-state index contributed by atoms with van der Waals surface area (Å²) in [5, 5.41) is 3.21. The first-order valence-corrected chi connectivity index (χ1v) is 11.6. The van der Waals surface area contributed by atoms with Crippen LogP contribution in [0.15, 0.2) is 60.7 Å². The quantitative estimate of drug-likeness (QED) is 0.270. The fourth-order valence-corrected chi connectivity index (χ4v) is 4.75. The second kappa shape index (κ2) is 10.7. The molecule has 0 aliphatic heterocycles. The minimum atomic E-state index is 0.501. The van der Waals surface area contributed by atoms with Gasteiger partial charge in [0.15, 0.2) is 0 Å². The maximum atomic E-state index is 4.81. The molecule has 0 saturated carbocycles. The molecule has 152 valence electrons. The Kier molecular flexibility index (Phi) is 8.00. The predicted octanol–water partition coefficient (Wildman–Crippen LogP) is 8.24. The van der Waals surface area contributed by atoms with Crippen LogP contribution in [0.2, 0.25) is 0 Å². The van der Waals surface area contributed by atoms with E-state index in [1.165, 1.54) is 52.3 Å². The summed E-state index contributed by atoms with van der Waals surface area (Å²) in [6.45, 7) is 6.81. The molecular weight excluding hydrogens is 368 g/mol. The largest absolute Gasteiger partial charge is 0.176 e. The summed E-state index contributed by atoms with van der Waals surface area (Å²) in [5.74, 6) is 0.617. The van der Waals surface area contributed by atoms with Crippen molar-refractivity contribution in [1.29, 1.82) is 0 Å². The molecule has 0 N–H and O–H groups in total. The zero-order valence-electron chi connectivity index (χ0n) is 18.1. The lowest BCUT2D eigenvalue weighted by Crippen LogP contribution is -2.09. The van der Waals surface area contributed by atoms with E-state index in [0.717, 1.165) is 12.8 Å². The summed E-state index contributed by atoms with van der Waals surface area (Å²) in [4.78, 5) is 0. The molecule has 0 fully saturated rings. The van der Waals surface area contributed by atoms with Crippen molar-refractivity contribution in [2.75, 3.05) is 0 Å². The molecule has 0 nitrogen and oxygen atoms in total.